The Kier molecular flexibility index (Phi) is 15.4. The van der Waals surface area contributed by atoms with Gasteiger partial charge in [-0.2, -0.15) is 0 Å². The molecule has 0 aliphatic carbocycles. The third-order valence-electron chi connectivity index (χ3n) is 6.57. The minimum absolute atomic E-state index is 0.0641. The molecule has 0 heterocycles. The first-order chi connectivity index (χ1) is 20.8. The minimum atomic E-state index is -3.80. The van der Waals surface area contributed by atoms with E-state index >= 15 is 0 Å². The van der Waals surface area contributed by atoms with Gasteiger partial charge in [0.05, 0.1) is 23.1 Å². The van der Waals surface area contributed by atoms with Crippen LogP contribution in [0.3, 0.4) is 0 Å². The van der Waals surface area contributed by atoms with E-state index in [0.29, 0.717) is 29.5 Å². The van der Waals surface area contributed by atoms with Crippen LogP contribution in [0.1, 0.15) is 17.2 Å². The molecule has 0 spiro atoms. The summed E-state index contributed by atoms with van der Waals surface area (Å²) in [6, 6.07) is 10.1. The van der Waals surface area contributed by atoms with Gasteiger partial charge >= 0.3 is 0 Å². The van der Waals surface area contributed by atoms with Crippen molar-refractivity contribution >= 4 is 65.3 Å². The highest BCUT2D eigenvalue weighted by Crippen LogP contribution is 2.34. The Morgan fingerprint density at radius 1 is 1.02 bits per heavy atom. The molecule has 1 atom stereocenters. The number of ether oxygens (including phenoxy) is 4. The highest BCUT2D eigenvalue weighted by molar-refractivity contribution is 9.10. The van der Waals surface area contributed by atoms with Crippen molar-refractivity contribution in [2.24, 2.45) is 0 Å². The summed E-state index contributed by atoms with van der Waals surface area (Å²) in [4.78, 5) is 12.5. The lowest BCUT2D eigenvalue weighted by Crippen LogP contribution is -2.34. The number of benzene rings is 2. The van der Waals surface area contributed by atoms with E-state index in [4.69, 9.17) is 30.5 Å². The molecule has 2 rings (SSSR count). The van der Waals surface area contributed by atoms with Crippen molar-refractivity contribution in [3.8, 4) is 11.5 Å². The lowest BCUT2D eigenvalue weighted by atomic mass is 10.1. The van der Waals surface area contributed by atoms with Crippen LogP contribution >= 0.6 is 27.5 Å². The number of halogens is 2. The van der Waals surface area contributed by atoms with Crippen LogP contribution in [0.2, 0.25) is 56.4 Å². The summed E-state index contributed by atoms with van der Waals surface area (Å²) in [5, 5.41) is 14.0. The maximum absolute atomic E-state index is 12.9. The van der Waals surface area contributed by atoms with Crippen molar-refractivity contribution in [3.63, 3.8) is 0 Å². The summed E-state index contributed by atoms with van der Waals surface area (Å²) in [5.74, 6) is 0.196. The van der Waals surface area contributed by atoms with Gasteiger partial charge in [-0.15, -0.1) is 0 Å². The first-order valence-electron chi connectivity index (χ1n) is 14.7. The largest absolute Gasteiger partial charge is 0.482 e. The monoisotopic (exact) mass is 766 g/mol. The molecule has 254 valence electrons. The first-order valence-corrected chi connectivity index (χ1v) is 25.1. The molecule has 0 aliphatic rings. The van der Waals surface area contributed by atoms with Gasteiger partial charge in [0.1, 0.15) is 18.2 Å². The fraction of sp³-hybridized carbons (Fsp3) is 0.567. The van der Waals surface area contributed by atoms with Gasteiger partial charge < -0.3 is 29.4 Å². The molecule has 0 saturated heterocycles. The van der Waals surface area contributed by atoms with Gasteiger partial charge in [-0.1, -0.05) is 72.9 Å². The summed E-state index contributed by atoms with van der Waals surface area (Å²) in [6.07, 6.45) is -0.0618. The number of aliphatic hydroxyl groups is 1. The second-order valence-corrected chi connectivity index (χ2v) is 27.8. The summed E-state index contributed by atoms with van der Waals surface area (Å²) in [6.45, 7) is 15.4. The summed E-state index contributed by atoms with van der Waals surface area (Å²) < 4.78 is 50.8. The number of nitrogens with one attached hydrogen (secondary N) is 1. The molecular formula is C30H48BrClN2O8SSi2. The number of sulfonamides is 1. The van der Waals surface area contributed by atoms with Crippen molar-refractivity contribution in [3.05, 3.63) is 51.0 Å². The molecule has 2 aromatic rings. The molecule has 0 aromatic heterocycles. The number of aliphatic hydroxyl groups excluding tert-OH is 1. The van der Waals surface area contributed by atoms with E-state index in [9.17, 15) is 18.3 Å². The highest BCUT2D eigenvalue weighted by Gasteiger charge is 2.25. The maximum Gasteiger partial charge on any atom is 0.258 e. The average Bonchev–Trinajstić information content (AvgIpc) is 2.89. The molecule has 0 aliphatic heterocycles. The van der Waals surface area contributed by atoms with E-state index < -0.39 is 38.2 Å². The molecule has 45 heavy (non-hydrogen) atoms. The average molecular weight is 768 g/mol. The van der Waals surface area contributed by atoms with Gasteiger partial charge in [0.25, 0.3) is 5.91 Å². The number of aryl methyl sites for hydroxylation is 1. The van der Waals surface area contributed by atoms with E-state index in [1.165, 1.54) is 6.07 Å². The number of nitrogens with zero attached hydrogens (tertiary/aromatic N) is 1. The van der Waals surface area contributed by atoms with Gasteiger partial charge in [-0.3, -0.25) is 4.79 Å². The Balaban J connectivity index is 2.19. The number of amides is 1. The molecule has 2 aromatic carbocycles. The topological polar surface area (TPSA) is 124 Å². The third-order valence-corrected chi connectivity index (χ3v) is 11.8. The van der Waals surface area contributed by atoms with Crippen LogP contribution < -0.4 is 19.1 Å². The smallest absolute Gasteiger partial charge is 0.258 e. The molecule has 15 heteroatoms. The Morgan fingerprint density at radius 2 is 1.64 bits per heavy atom. The summed E-state index contributed by atoms with van der Waals surface area (Å²) in [5.41, 5.74) is 1.34. The molecule has 0 radical (unpaired) electrons. The number of carbonyl (C=O) groups is 1. The second kappa shape index (κ2) is 17.5. The van der Waals surface area contributed by atoms with Gasteiger partial charge in [0.2, 0.25) is 10.0 Å². The Morgan fingerprint density at radius 3 is 2.22 bits per heavy atom. The van der Waals surface area contributed by atoms with Crippen molar-refractivity contribution in [2.45, 2.75) is 64.4 Å². The second-order valence-electron chi connectivity index (χ2n) is 13.3. The minimum Gasteiger partial charge on any atom is -0.482 e. The normalized spacial score (nSPS) is 13.0. The van der Waals surface area contributed by atoms with Crippen molar-refractivity contribution in [1.29, 1.82) is 0 Å². The van der Waals surface area contributed by atoms with E-state index in [1.807, 2.05) is 13.0 Å². The van der Waals surface area contributed by atoms with E-state index in [0.717, 1.165) is 32.7 Å². The number of hydrogen-bond donors (Lipinski definition) is 2. The first kappa shape index (κ1) is 39.5. The predicted octanol–water partition coefficient (Wildman–Crippen LogP) is 6.41. The Bertz CT molecular complexity index is 1360. The molecule has 0 unspecified atom stereocenters. The summed E-state index contributed by atoms with van der Waals surface area (Å²) >= 11 is 9.60. The van der Waals surface area contributed by atoms with Crippen LogP contribution in [0.4, 0.5) is 5.69 Å². The molecule has 2 N–H and O–H groups in total. The van der Waals surface area contributed by atoms with Crippen LogP contribution in [0, 0.1) is 6.92 Å². The molecule has 0 bridgehead atoms. The summed E-state index contributed by atoms with van der Waals surface area (Å²) in [7, 11) is -6.49. The molecule has 0 saturated carbocycles. The van der Waals surface area contributed by atoms with Crippen LogP contribution in [0.5, 0.6) is 11.5 Å². The van der Waals surface area contributed by atoms with Gasteiger partial charge in [-0.05, 0) is 54.4 Å². The number of anilines is 1. The fourth-order valence-electron chi connectivity index (χ4n) is 3.86. The Labute approximate surface area is 283 Å². The lowest BCUT2D eigenvalue weighted by molar-refractivity contribution is -0.123. The molecular weight excluding hydrogens is 720 g/mol. The standard InChI is InChI=1S/C30H48BrClN2O8SSi2/c1-22-15-24(31)17-25(32)30(22)41-19-29(36)33-18-27(35)23-9-10-28(42-21-40-12-14-45(6,7)8)26(16-23)34(43(2,37)38)20-39-11-13-44(3,4)5/h9-10,15-17,27,35H,11-14,18-21H2,1-8H3,(H,33,36)/t27-/m1/s1. The van der Waals surface area contributed by atoms with Crippen LogP contribution in [-0.2, 0) is 24.3 Å². The van der Waals surface area contributed by atoms with Gasteiger partial charge in [-0.25, -0.2) is 12.7 Å². The SMILES string of the molecule is Cc1cc(Br)cc(Cl)c1OCC(=O)NC[C@@H](O)c1ccc(OCOCC[Si](C)(C)C)c(N(COCC[Si](C)(C)C)S(C)(=O)=O)c1. The maximum atomic E-state index is 12.9. The van der Waals surface area contributed by atoms with Gasteiger partial charge in [0, 0.05) is 40.4 Å². The lowest BCUT2D eigenvalue weighted by Gasteiger charge is -2.26. The molecule has 10 nitrogen and oxygen atoms in total. The van der Waals surface area contributed by atoms with E-state index in [2.05, 4.69) is 60.5 Å². The van der Waals surface area contributed by atoms with E-state index in [-0.39, 0.29) is 38.1 Å². The molecule has 0 fully saturated rings. The quantitative estimate of drug-likeness (QED) is 0.0956. The van der Waals surface area contributed by atoms with Crippen LogP contribution in [0.15, 0.2) is 34.8 Å². The van der Waals surface area contributed by atoms with Crippen molar-refractivity contribution < 1.29 is 37.3 Å². The fourth-order valence-corrected chi connectivity index (χ4v) is 7.16. The zero-order valence-electron chi connectivity index (χ0n) is 27.5. The van der Waals surface area contributed by atoms with Crippen LogP contribution in [-0.4, -0.2) is 81.7 Å². The zero-order chi connectivity index (χ0) is 34.0. The van der Waals surface area contributed by atoms with Gasteiger partial charge in [0.15, 0.2) is 13.4 Å². The van der Waals surface area contributed by atoms with Crippen molar-refractivity contribution in [2.75, 3.05) is 50.5 Å². The van der Waals surface area contributed by atoms with Crippen LogP contribution in [0.25, 0.3) is 0 Å². The van der Waals surface area contributed by atoms with E-state index in [1.54, 1.807) is 18.2 Å². The van der Waals surface area contributed by atoms with Crippen molar-refractivity contribution in [1.82, 2.24) is 5.32 Å². The predicted molar refractivity (Wildman–Crippen MR) is 190 cm³/mol. The third kappa shape index (κ3) is 14.8. The number of rotatable bonds is 19. The highest BCUT2D eigenvalue weighted by atomic mass is 79.9. The zero-order valence-corrected chi connectivity index (χ0v) is 32.7. The Hall–Kier alpha value is -1.66. The molecule has 1 amide bonds. The number of carbonyl (C=O) groups excluding carboxylic acids is 1. The number of hydrogen-bond acceptors (Lipinski definition) is 8.